The smallest absolute Gasteiger partial charge is 0.868 e. The second kappa shape index (κ2) is 25.9. The third-order valence-electron chi connectivity index (χ3n) is 2.02. The van der Waals surface area contributed by atoms with Crippen molar-refractivity contribution >= 4 is 0 Å². The van der Waals surface area contributed by atoms with Crippen molar-refractivity contribution in [2.75, 3.05) is 0 Å². The van der Waals surface area contributed by atoms with Crippen molar-refractivity contribution in [2.45, 2.75) is 13.8 Å². The molecule has 0 fully saturated rings. The number of aryl methyl sites for hydroxylation is 2. The van der Waals surface area contributed by atoms with Crippen LogP contribution in [0.1, 0.15) is 11.5 Å². The molecule has 0 spiro atoms. The van der Waals surface area contributed by atoms with E-state index in [2.05, 4.69) is 8.83 Å². The van der Waals surface area contributed by atoms with E-state index in [9.17, 15) is 19.8 Å². The molecule has 14 nitrogen and oxygen atoms in total. The first-order chi connectivity index (χ1) is 8.43. The van der Waals surface area contributed by atoms with Crippen LogP contribution in [-0.4, -0.2) is 32.9 Å². The van der Waals surface area contributed by atoms with Crippen LogP contribution in [0.15, 0.2) is 43.1 Å². The minimum absolute atomic E-state index is 0. The Kier molecular flexibility index (Phi) is 54.0. The molecule has 0 aromatic carbocycles. The quantitative estimate of drug-likeness (QED) is 0.274. The Morgan fingerprint density at radius 2 is 0.889 bits per heavy atom. The average Bonchev–Trinajstić information content (AvgIpc) is 2.34. The predicted molar refractivity (Wildman–Crippen MR) is 89.7 cm³/mol. The van der Waals surface area contributed by atoms with Gasteiger partial charge in [0.05, 0.1) is 24.0 Å². The van der Waals surface area contributed by atoms with Crippen LogP contribution in [0.25, 0.3) is 0 Å². The molecule has 27 heavy (non-hydrogen) atoms. The third kappa shape index (κ3) is 16.9. The Labute approximate surface area is 162 Å². The van der Waals surface area contributed by atoms with Crippen LogP contribution in [0.3, 0.4) is 0 Å². The van der Waals surface area contributed by atoms with Crippen molar-refractivity contribution in [2.24, 2.45) is 0 Å². The van der Waals surface area contributed by atoms with E-state index in [1.165, 1.54) is 26.4 Å². The fourth-order valence-corrected chi connectivity index (χ4v) is 1.00. The first-order valence-electron chi connectivity index (χ1n) is 4.94. The molecule has 0 aliphatic rings. The second-order valence-electron chi connectivity index (χ2n) is 3.34. The summed E-state index contributed by atoms with van der Waals surface area (Å²) < 4.78 is 9.25. The van der Waals surface area contributed by atoms with Gasteiger partial charge in [-0.25, -0.2) is 0 Å². The van der Waals surface area contributed by atoms with Crippen molar-refractivity contribution in [1.29, 1.82) is 0 Å². The Bertz CT molecular complexity index is 596. The van der Waals surface area contributed by atoms with E-state index < -0.39 is 22.4 Å². The topological polar surface area (TPSA) is 362 Å². The zero-order valence-corrected chi connectivity index (χ0v) is 15.2. The Hall–Kier alpha value is -2.33. The van der Waals surface area contributed by atoms with Crippen LogP contribution in [-0.2, 0) is 27.4 Å². The molecule has 0 atom stereocenters. The van der Waals surface area contributed by atoms with Crippen LogP contribution in [0.5, 0.6) is 11.5 Å². The van der Waals surface area contributed by atoms with E-state index in [1.807, 2.05) is 0 Å². The molecule has 0 saturated carbocycles. The predicted octanol–water partition coefficient (Wildman–Crippen LogP) is -6.75. The Balaban J connectivity index is -0.0000000257. The first-order valence-corrected chi connectivity index (χ1v) is 4.94. The van der Waals surface area contributed by atoms with Crippen molar-refractivity contribution in [1.82, 2.24) is 0 Å². The Morgan fingerprint density at radius 1 is 0.667 bits per heavy atom. The third-order valence-corrected chi connectivity index (χ3v) is 2.02. The molecular weight excluding hydrogens is 427 g/mol. The summed E-state index contributed by atoms with van der Waals surface area (Å²) in [6.07, 6.45) is 2.41. The molecule has 0 aliphatic heterocycles. The van der Waals surface area contributed by atoms with E-state index in [4.69, 9.17) is 0 Å². The van der Waals surface area contributed by atoms with E-state index in [-0.39, 0.29) is 71.8 Å². The van der Waals surface area contributed by atoms with E-state index in [1.54, 1.807) is 0 Å². The van der Waals surface area contributed by atoms with Gasteiger partial charge < -0.3 is 62.9 Å². The minimum Gasteiger partial charge on any atom is -0.868 e. The van der Waals surface area contributed by atoms with E-state index in [0.29, 0.717) is 0 Å². The van der Waals surface area contributed by atoms with Gasteiger partial charge in [-0.1, -0.05) is 0 Å². The molecule has 0 radical (unpaired) electrons. The normalized spacial score (nSPS) is 6.30. The second-order valence-corrected chi connectivity index (χ2v) is 3.34. The summed E-state index contributed by atoms with van der Waals surface area (Å²) in [6, 6.07) is 2.21. The molecule has 2 aromatic heterocycles. The standard InChI is InChI=1S/2C6H6O3.Ni.8H2O/c2*1-4-6(8)5(7)2-3-9-4;;;;;;;;;/h2*2-3,8H,1H3;;8*1H2/q;;+2;;;;;;;;. The van der Waals surface area contributed by atoms with Gasteiger partial charge in [0.25, 0.3) is 0 Å². The Morgan fingerprint density at radius 3 is 1.04 bits per heavy atom. The summed E-state index contributed by atoms with van der Waals surface area (Å²) in [4.78, 5) is 20.9. The molecule has 15 heteroatoms. The van der Waals surface area contributed by atoms with Crippen molar-refractivity contribution in [3.8, 4) is 11.5 Å². The van der Waals surface area contributed by atoms with Gasteiger partial charge in [0.2, 0.25) is 0 Å². The van der Waals surface area contributed by atoms with Crippen LogP contribution in [0.2, 0.25) is 0 Å². The van der Waals surface area contributed by atoms with Crippen molar-refractivity contribution < 1.29 is 79.3 Å². The average molecular weight is 455 g/mol. The minimum atomic E-state index is -0.558. The molecule has 0 saturated heterocycles. The molecule has 2 aromatic rings. The van der Waals surface area contributed by atoms with Gasteiger partial charge in [-0.3, -0.25) is 9.59 Å². The molecule has 18 N–H and O–H groups in total. The van der Waals surface area contributed by atoms with E-state index in [0.717, 1.165) is 12.1 Å². The SMILES string of the molecule is Cc1occc(=O)c1[O-].Cc1occc(=O)c1[O-].O.O.O.O.O.O.[Ni+2].[OH3+].[OH3+]. The number of rotatable bonds is 0. The summed E-state index contributed by atoms with van der Waals surface area (Å²) in [5.74, 6) is -0.833. The van der Waals surface area contributed by atoms with Gasteiger partial charge in [-0.15, -0.1) is 0 Å². The maximum absolute atomic E-state index is 10.6. The molecule has 0 unspecified atom stereocenters. The summed E-state index contributed by atoms with van der Waals surface area (Å²) in [5.41, 5.74) is -1.03. The molecule has 0 bridgehead atoms. The molecule has 168 valence electrons. The van der Waals surface area contributed by atoms with Gasteiger partial charge in [0.15, 0.2) is 10.9 Å². The first kappa shape index (κ1) is 56.3. The molecule has 0 aliphatic carbocycles. The van der Waals surface area contributed by atoms with Crippen molar-refractivity contribution in [3.63, 3.8) is 0 Å². The van der Waals surface area contributed by atoms with Crippen molar-refractivity contribution in [3.05, 3.63) is 56.6 Å². The van der Waals surface area contributed by atoms with Crippen LogP contribution >= 0.6 is 0 Å². The largest absolute Gasteiger partial charge is 2.00 e. The van der Waals surface area contributed by atoms with Gasteiger partial charge in [-0.2, -0.15) is 0 Å². The maximum Gasteiger partial charge on any atom is 2.00 e. The molecule has 0 amide bonds. The molecule has 2 heterocycles. The number of hydrogen-bond donors (Lipinski definition) is 0. The summed E-state index contributed by atoms with van der Waals surface area (Å²) >= 11 is 0. The van der Waals surface area contributed by atoms with Gasteiger partial charge >= 0.3 is 16.5 Å². The summed E-state index contributed by atoms with van der Waals surface area (Å²) in [7, 11) is 0. The van der Waals surface area contributed by atoms with Gasteiger partial charge in [0, 0.05) is 12.1 Å². The summed E-state index contributed by atoms with van der Waals surface area (Å²) in [5, 5.41) is 21.1. The zero-order chi connectivity index (χ0) is 13.7. The zero-order valence-electron chi connectivity index (χ0n) is 14.2. The van der Waals surface area contributed by atoms with E-state index >= 15 is 0 Å². The monoisotopic (exact) mass is 454 g/mol. The number of hydrogen-bond acceptors (Lipinski definition) is 6. The maximum atomic E-state index is 10.6. The van der Waals surface area contributed by atoms with Gasteiger partial charge in [-0.05, 0) is 25.3 Å². The van der Waals surface area contributed by atoms with Crippen LogP contribution in [0, 0.1) is 13.8 Å². The summed E-state index contributed by atoms with van der Waals surface area (Å²) in [6.45, 7) is 2.92. The molecule has 2 rings (SSSR count). The fourth-order valence-electron chi connectivity index (χ4n) is 1.00. The molecular formula is C12H28NiO14+2. The van der Waals surface area contributed by atoms with Crippen LogP contribution in [0.4, 0.5) is 0 Å². The van der Waals surface area contributed by atoms with Gasteiger partial charge in [0.1, 0.15) is 0 Å². The fraction of sp³-hybridized carbons (Fsp3) is 0.167. The van der Waals surface area contributed by atoms with Crippen LogP contribution < -0.4 is 21.1 Å².